The first-order valence-corrected chi connectivity index (χ1v) is 17.5. The molecule has 0 unspecified atom stereocenters. The van der Waals surface area contributed by atoms with Crippen molar-refractivity contribution in [3.05, 3.63) is 118 Å². The Bertz CT molecular complexity index is 2310. The molecule has 0 saturated carbocycles. The van der Waals surface area contributed by atoms with Crippen LogP contribution in [0, 0.1) is 11.7 Å². The number of carbonyl (C=O) groups excluding carboxylic acids is 1. The lowest BCUT2D eigenvalue weighted by Crippen LogP contribution is -2.34. The second-order valence-corrected chi connectivity index (χ2v) is 13.3. The Hall–Kier alpha value is -5.52. The average Bonchev–Trinajstić information content (AvgIpc) is 3.15. The Kier molecular flexibility index (Phi) is 10.3. The van der Waals surface area contributed by atoms with Gasteiger partial charge < -0.3 is 24.4 Å². The summed E-state index contributed by atoms with van der Waals surface area (Å²) in [5, 5.41) is 4.31. The molecule has 0 spiro atoms. The van der Waals surface area contributed by atoms with E-state index >= 15 is 4.39 Å². The number of methoxy groups -OCH3 is 1. The smallest absolute Gasteiger partial charge is 0.269 e. The summed E-state index contributed by atoms with van der Waals surface area (Å²) in [6.07, 6.45) is 6.51. The number of nitrogens with one attached hydrogen (secondary N) is 1. The monoisotopic (exact) mass is 721 g/mol. The van der Waals surface area contributed by atoms with Crippen molar-refractivity contribution in [1.82, 2.24) is 19.4 Å². The third-order valence-corrected chi connectivity index (χ3v) is 9.49. The number of hydrogen-bond donors (Lipinski definition) is 1. The zero-order chi connectivity index (χ0) is 36.2. The molecule has 12 heteroatoms. The number of piperidine rings is 1. The number of aromatic nitrogens is 3. The van der Waals surface area contributed by atoms with E-state index in [2.05, 4.69) is 27.1 Å². The number of pyridine rings is 3. The van der Waals surface area contributed by atoms with Crippen LogP contribution in [0.15, 0.2) is 96.1 Å². The number of halogens is 2. The first kappa shape index (κ1) is 34.9. The molecule has 0 atom stereocenters. The topological polar surface area (TPSA) is 108 Å². The van der Waals surface area contributed by atoms with E-state index in [1.165, 1.54) is 35.6 Å². The predicted molar refractivity (Wildman–Crippen MR) is 200 cm³/mol. The number of nitrogens with zero attached hydrogens (tertiary/aromatic N) is 4. The third kappa shape index (κ3) is 7.56. The maximum absolute atomic E-state index is 15.5. The highest BCUT2D eigenvalue weighted by Crippen LogP contribution is 2.38. The number of rotatable bonds is 11. The molecule has 1 saturated heterocycles. The van der Waals surface area contributed by atoms with Crippen molar-refractivity contribution in [3.8, 4) is 28.7 Å². The van der Waals surface area contributed by atoms with Crippen LogP contribution in [0.5, 0.6) is 23.0 Å². The lowest BCUT2D eigenvalue weighted by molar-refractivity contribution is 0.102. The second-order valence-electron chi connectivity index (χ2n) is 12.8. The highest BCUT2D eigenvalue weighted by Gasteiger charge is 2.20. The standard InChI is InChI=1S/C40H37ClFN5O5/c1-25-13-18-46(19-14-25)17-4-20-51-37-24-33-30(23-36(37)50-2)34(12-16-43-33)52-35-11-8-28(22-32(35)42)45-39(48)31-21-26-5-3-15-44-38(26)47(40(31)49)29-9-6-27(41)7-10-29/h3,5-12,15-16,21-25H,4,13-14,17-20H2,1-2H3,(H,45,48). The van der Waals surface area contributed by atoms with Crippen molar-refractivity contribution in [2.24, 2.45) is 5.92 Å². The number of amides is 1. The molecule has 1 fully saturated rings. The van der Waals surface area contributed by atoms with Crippen LogP contribution in [0.25, 0.3) is 27.6 Å². The van der Waals surface area contributed by atoms with Gasteiger partial charge in [0.05, 0.1) is 24.9 Å². The lowest BCUT2D eigenvalue weighted by atomic mass is 9.99. The molecular formula is C40H37ClFN5O5. The lowest BCUT2D eigenvalue weighted by Gasteiger charge is -2.30. The van der Waals surface area contributed by atoms with E-state index in [0.29, 0.717) is 56.5 Å². The molecule has 1 aliphatic heterocycles. The highest BCUT2D eigenvalue weighted by molar-refractivity contribution is 6.30. The zero-order valence-corrected chi connectivity index (χ0v) is 29.5. The summed E-state index contributed by atoms with van der Waals surface area (Å²) in [7, 11) is 1.56. The van der Waals surface area contributed by atoms with Gasteiger partial charge in [-0.3, -0.25) is 19.1 Å². The Labute approximate surface area is 304 Å². The van der Waals surface area contributed by atoms with Crippen molar-refractivity contribution in [3.63, 3.8) is 0 Å². The molecule has 3 aromatic heterocycles. The van der Waals surface area contributed by atoms with E-state index < -0.39 is 17.3 Å². The van der Waals surface area contributed by atoms with Gasteiger partial charge in [-0.15, -0.1) is 0 Å². The molecule has 1 aliphatic rings. The maximum atomic E-state index is 15.5. The Morgan fingerprint density at radius 1 is 0.942 bits per heavy atom. The van der Waals surface area contributed by atoms with Crippen LogP contribution in [0.4, 0.5) is 10.1 Å². The van der Waals surface area contributed by atoms with Gasteiger partial charge in [-0.25, -0.2) is 9.37 Å². The molecule has 0 aliphatic carbocycles. The van der Waals surface area contributed by atoms with Gasteiger partial charge in [0.15, 0.2) is 23.1 Å². The van der Waals surface area contributed by atoms with Gasteiger partial charge in [0, 0.05) is 52.6 Å². The summed E-state index contributed by atoms with van der Waals surface area (Å²) in [6.45, 7) is 6.08. The number of likely N-dealkylation sites (tertiary alicyclic amines) is 1. The molecular weight excluding hydrogens is 685 g/mol. The van der Waals surface area contributed by atoms with E-state index in [0.717, 1.165) is 38.0 Å². The van der Waals surface area contributed by atoms with Crippen LogP contribution in [-0.2, 0) is 0 Å². The molecule has 1 amide bonds. The van der Waals surface area contributed by atoms with Crippen molar-refractivity contribution < 1.29 is 23.4 Å². The predicted octanol–water partition coefficient (Wildman–Crippen LogP) is 8.28. The minimum absolute atomic E-state index is 0.0706. The number of carbonyl (C=O) groups is 1. The van der Waals surface area contributed by atoms with Gasteiger partial charge in [-0.05, 0) is 105 Å². The molecule has 3 aromatic carbocycles. The molecule has 0 radical (unpaired) electrons. The summed E-state index contributed by atoms with van der Waals surface area (Å²) in [5.41, 5.74) is 0.861. The van der Waals surface area contributed by atoms with Crippen molar-refractivity contribution in [2.75, 3.05) is 38.7 Å². The number of benzene rings is 3. The number of anilines is 1. The van der Waals surface area contributed by atoms with Crippen LogP contribution >= 0.6 is 11.6 Å². The summed E-state index contributed by atoms with van der Waals surface area (Å²) >= 11 is 6.06. The average molecular weight is 722 g/mol. The fourth-order valence-electron chi connectivity index (χ4n) is 6.36. The van der Waals surface area contributed by atoms with Gasteiger partial charge in [0.1, 0.15) is 17.0 Å². The van der Waals surface area contributed by atoms with Gasteiger partial charge in [-0.2, -0.15) is 0 Å². The van der Waals surface area contributed by atoms with E-state index in [1.54, 1.807) is 74.1 Å². The first-order valence-electron chi connectivity index (χ1n) is 17.1. The second kappa shape index (κ2) is 15.4. The minimum atomic E-state index is -0.723. The summed E-state index contributed by atoms with van der Waals surface area (Å²) in [6, 6.07) is 20.8. The van der Waals surface area contributed by atoms with Gasteiger partial charge in [-0.1, -0.05) is 18.5 Å². The first-order chi connectivity index (χ1) is 25.3. The number of ether oxygens (including phenoxy) is 3. The maximum Gasteiger partial charge on any atom is 0.269 e. The minimum Gasteiger partial charge on any atom is -0.493 e. The number of hydrogen-bond acceptors (Lipinski definition) is 8. The van der Waals surface area contributed by atoms with Gasteiger partial charge >= 0.3 is 0 Å². The van der Waals surface area contributed by atoms with E-state index in [1.807, 2.05) is 0 Å². The van der Waals surface area contributed by atoms with Crippen LogP contribution in [-0.4, -0.2) is 58.7 Å². The van der Waals surface area contributed by atoms with E-state index in [4.69, 9.17) is 25.8 Å². The van der Waals surface area contributed by atoms with Crippen LogP contribution < -0.4 is 25.1 Å². The molecule has 7 rings (SSSR count). The molecule has 6 aromatic rings. The van der Waals surface area contributed by atoms with E-state index in [-0.39, 0.29) is 17.0 Å². The fraction of sp³-hybridized carbons (Fsp3) is 0.250. The van der Waals surface area contributed by atoms with Gasteiger partial charge in [0.25, 0.3) is 11.5 Å². The summed E-state index contributed by atoms with van der Waals surface area (Å²) < 4.78 is 34.6. The summed E-state index contributed by atoms with van der Waals surface area (Å²) in [4.78, 5) is 38.4. The summed E-state index contributed by atoms with van der Waals surface area (Å²) in [5.74, 6) is 0.730. The third-order valence-electron chi connectivity index (χ3n) is 9.24. The Balaban J connectivity index is 1.07. The molecule has 52 heavy (non-hydrogen) atoms. The Morgan fingerprint density at radius 3 is 2.52 bits per heavy atom. The van der Waals surface area contributed by atoms with Crippen LogP contribution in [0.2, 0.25) is 5.02 Å². The molecule has 1 N–H and O–H groups in total. The van der Waals surface area contributed by atoms with Crippen molar-refractivity contribution in [2.45, 2.75) is 26.2 Å². The highest BCUT2D eigenvalue weighted by atomic mass is 35.5. The molecule has 4 heterocycles. The molecule has 10 nitrogen and oxygen atoms in total. The fourth-order valence-corrected chi connectivity index (χ4v) is 6.49. The normalized spacial score (nSPS) is 13.7. The van der Waals surface area contributed by atoms with Gasteiger partial charge in [0.2, 0.25) is 0 Å². The largest absolute Gasteiger partial charge is 0.493 e. The molecule has 266 valence electrons. The SMILES string of the molecule is COc1cc2c(Oc3ccc(NC(=O)c4cc5cccnc5n(-c5ccc(Cl)cc5)c4=O)cc3F)ccnc2cc1OCCCN1CCC(C)CC1. The van der Waals surface area contributed by atoms with Crippen LogP contribution in [0.1, 0.15) is 36.5 Å². The van der Waals surface area contributed by atoms with Crippen molar-refractivity contribution >= 4 is 45.1 Å². The van der Waals surface area contributed by atoms with Crippen LogP contribution in [0.3, 0.4) is 0 Å². The Morgan fingerprint density at radius 2 is 1.75 bits per heavy atom. The quantitative estimate of drug-likeness (QED) is 0.133. The molecule has 0 bridgehead atoms. The number of fused-ring (bicyclic) bond motifs is 2. The van der Waals surface area contributed by atoms with E-state index in [9.17, 15) is 9.59 Å². The van der Waals surface area contributed by atoms with Crippen molar-refractivity contribution in [1.29, 1.82) is 0 Å². The zero-order valence-electron chi connectivity index (χ0n) is 28.8.